The Morgan fingerprint density at radius 3 is 2.74 bits per heavy atom. The molecular formula is C23H20ClN3. The quantitative estimate of drug-likeness (QED) is 0.518. The fourth-order valence-corrected chi connectivity index (χ4v) is 4.08. The number of nitrogens with zero attached hydrogens (tertiary/aromatic N) is 2. The highest BCUT2D eigenvalue weighted by Gasteiger charge is 2.18. The molecule has 27 heavy (non-hydrogen) atoms. The number of fused-ring (bicyclic) bond motifs is 2. The van der Waals surface area contributed by atoms with Crippen LogP contribution in [-0.4, -0.2) is 21.4 Å². The first-order valence-corrected chi connectivity index (χ1v) is 9.65. The number of benzene rings is 2. The molecule has 0 radical (unpaired) electrons. The van der Waals surface area contributed by atoms with Crippen LogP contribution in [0.5, 0.6) is 0 Å². The lowest BCUT2D eigenvalue weighted by molar-refractivity contribution is 0.246. The zero-order valence-electron chi connectivity index (χ0n) is 15.0. The molecule has 134 valence electrons. The third kappa shape index (κ3) is 3.25. The van der Waals surface area contributed by atoms with Crippen molar-refractivity contribution in [2.75, 3.05) is 6.54 Å². The Hall–Kier alpha value is -2.62. The zero-order chi connectivity index (χ0) is 18.2. The van der Waals surface area contributed by atoms with Crippen LogP contribution in [0.4, 0.5) is 0 Å². The van der Waals surface area contributed by atoms with Crippen LogP contribution in [0.25, 0.3) is 22.2 Å². The van der Waals surface area contributed by atoms with Gasteiger partial charge in [-0.2, -0.15) is 0 Å². The van der Waals surface area contributed by atoms with E-state index in [-0.39, 0.29) is 0 Å². The van der Waals surface area contributed by atoms with Crippen molar-refractivity contribution in [3.63, 3.8) is 0 Å². The lowest BCUT2D eigenvalue weighted by atomic mass is 9.94. The lowest BCUT2D eigenvalue weighted by Gasteiger charge is -2.29. The molecule has 3 heterocycles. The molecule has 0 bridgehead atoms. The van der Waals surface area contributed by atoms with Crippen molar-refractivity contribution >= 4 is 22.6 Å². The van der Waals surface area contributed by atoms with Gasteiger partial charge < -0.3 is 4.98 Å². The number of aromatic amines is 1. The van der Waals surface area contributed by atoms with Crippen molar-refractivity contribution in [2.24, 2.45) is 0 Å². The summed E-state index contributed by atoms with van der Waals surface area (Å²) in [6.07, 6.45) is 5.01. The van der Waals surface area contributed by atoms with Gasteiger partial charge in [-0.05, 0) is 58.5 Å². The maximum atomic E-state index is 6.01. The number of hydrogen-bond acceptors (Lipinski definition) is 2. The molecule has 1 aliphatic rings. The highest BCUT2D eigenvalue weighted by atomic mass is 35.5. The second-order valence-corrected chi connectivity index (χ2v) is 7.60. The van der Waals surface area contributed by atoms with Gasteiger partial charge in [0, 0.05) is 42.4 Å². The molecule has 0 amide bonds. The highest BCUT2D eigenvalue weighted by Crippen LogP contribution is 2.28. The van der Waals surface area contributed by atoms with Crippen molar-refractivity contribution in [2.45, 2.75) is 19.5 Å². The summed E-state index contributed by atoms with van der Waals surface area (Å²) in [5, 5.41) is 2.00. The SMILES string of the molecule is Clc1ccc(-c2ccc3c(c2)CCN(Cc2c[nH]c4ncccc24)C3)cc1. The van der Waals surface area contributed by atoms with Crippen molar-refractivity contribution < 1.29 is 0 Å². The van der Waals surface area contributed by atoms with E-state index in [1.165, 1.54) is 33.2 Å². The molecule has 0 saturated heterocycles. The summed E-state index contributed by atoms with van der Waals surface area (Å²) in [7, 11) is 0. The second-order valence-electron chi connectivity index (χ2n) is 7.16. The predicted molar refractivity (Wildman–Crippen MR) is 111 cm³/mol. The Kier molecular flexibility index (Phi) is 4.19. The van der Waals surface area contributed by atoms with E-state index in [9.17, 15) is 0 Å². The van der Waals surface area contributed by atoms with E-state index in [0.29, 0.717) is 0 Å². The van der Waals surface area contributed by atoms with Crippen LogP contribution < -0.4 is 0 Å². The van der Waals surface area contributed by atoms with Gasteiger partial charge in [-0.25, -0.2) is 4.98 Å². The third-order valence-corrected chi connectivity index (χ3v) is 5.66. The van der Waals surface area contributed by atoms with Crippen LogP contribution in [0, 0.1) is 0 Å². The summed E-state index contributed by atoms with van der Waals surface area (Å²) < 4.78 is 0. The number of rotatable bonds is 3. The van der Waals surface area contributed by atoms with Crippen molar-refractivity contribution in [3.8, 4) is 11.1 Å². The Balaban J connectivity index is 1.36. The molecule has 2 aromatic heterocycles. The minimum absolute atomic E-state index is 0.778. The topological polar surface area (TPSA) is 31.9 Å². The number of pyridine rings is 1. The highest BCUT2D eigenvalue weighted by molar-refractivity contribution is 6.30. The Bertz CT molecular complexity index is 1100. The van der Waals surface area contributed by atoms with Crippen LogP contribution in [0.3, 0.4) is 0 Å². The normalized spacial score (nSPS) is 14.4. The summed E-state index contributed by atoms with van der Waals surface area (Å²) in [5.74, 6) is 0. The molecule has 1 N–H and O–H groups in total. The minimum Gasteiger partial charge on any atom is -0.346 e. The molecule has 1 aliphatic heterocycles. The lowest BCUT2D eigenvalue weighted by Crippen LogP contribution is -2.30. The van der Waals surface area contributed by atoms with E-state index in [2.05, 4.69) is 57.5 Å². The number of nitrogens with one attached hydrogen (secondary N) is 1. The first-order valence-electron chi connectivity index (χ1n) is 9.27. The van der Waals surface area contributed by atoms with Gasteiger partial charge in [0.2, 0.25) is 0 Å². The summed E-state index contributed by atoms with van der Waals surface area (Å²) in [5.41, 5.74) is 7.66. The van der Waals surface area contributed by atoms with E-state index < -0.39 is 0 Å². The number of hydrogen-bond donors (Lipinski definition) is 1. The maximum absolute atomic E-state index is 6.01. The molecule has 0 atom stereocenters. The first kappa shape index (κ1) is 16.5. The van der Waals surface area contributed by atoms with E-state index in [4.69, 9.17) is 11.6 Å². The monoisotopic (exact) mass is 373 g/mol. The fraction of sp³-hybridized carbons (Fsp3) is 0.174. The van der Waals surface area contributed by atoms with Gasteiger partial charge in [0.1, 0.15) is 5.65 Å². The first-order chi connectivity index (χ1) is 13.3. The molecule has 0 fully saturated rings. The molecule has 3 nitrogen and oxygen atoms in total. The van der Waals surface area contributed by atoms with Crippen molar-refractivity contribution in [1.82, 2.24) is 14.9 Å². The van der Waals surface area contributed by atoms with Crippen LogP contribution in [0.2, 0.25) is 5.02 Å². The van der Waals surface area contributed by atoms with Gasteiger partial charge in [-0.15, -0.1) is 0 Å². The molecule has 0 unspecified atom stereocenters. The molecule has 0 aliphatic carbocycles. The van der Waals surface area contributed by atoms with Gasteiger partial charge in [-0.3, -0.25) is 4.90 Å². The third-order valence-electron chi connectivity index (χ3n) is 5.41. The van der Waals surface area contributed by atoms with E-state index in [0.717, 1.165) is 36.7 Å². The number of halogens is 1. The van der Waals surface area contributed by atoms with Gasteiger partial charge in [0.25, 0.3) is 0 Å². The minimum atomic E-state index is 0.778. The van der Waals surface area contributed by atoms with E-state index in [1.54, 1.807) is 0 Å². The maximum Gasteiger partial charge on any atom is 0.137 e. The zero-order valence-corrected chi connectivity index (χ0v) is 15.7. The van der Waals surface area contributed by atoms with Crippen molar-refractivity contribution in [3.05, 3.63) is 88.7 Å². The van der Waals surface area contributed by atoms with Crippen LogP contribution >= 0.6 is 11.6 Å². The molecule has 4 heteroatoms. The summed E-state index contributed by atoms with van der Waals surface area (Å²) in [6, 6.07) is 19.1. The van der Waals surface area contributed by atoms with Crippen LogP contribution in [-0.2, 0) is 19.5 Å². The Morgan fingerprint density at radius 2 is 1.85 bits per heavy atom. The fourth-order valence-electron chi connectivity index (χ4n) is 3.95. The second kappa shape index (κ2) is 6.84. The number of H-pyrrole nitrogens is 1. The molecule has 2 aromatic carbocycles. The molecule has 5 rings (SSSR count). The molecule has 0 spiro atoms. The smallest absolute Gasteiger partial charge is 0.137 e. The molecule has 0 saturated carbocycles. The van der Waals surface area contributed by atoms with E-state index in [1.807, 2.05) is 24.4 Å². The average Bonchev–Trinajstić information content (AvgIpc) is 3.11. The Labute approximate surface area is 163 Å². The van der Waals surface area contributed by atoms with E-state index >= 15 is 0 Å². The largest absolute Gasteiger partial charge is 0.346 e. The van der Waals surface area contributed by atoms with Gasteiger partial charge >= 0.3 is 0 Å². The molecular weight excluding hydrogens is 354 g/mol. The predicted octanol–water partition coefficient (Wildman–Crippen LogP) is 5.44. The standard InChI is InChI=1S/C23H20ClN3/c24-21-7-5-16(6-8-21)17-3-4-19-14-27(11-9-18(19)12-17)15-20-13-26-23-22(20)2-1-10-25-23/h1-8,10,12-13H,9,11,14-15H2,(H,25,26). The number of aromatic nitrogens is 2. The van der Waals surface area contributed by atoms with Crippen molar-refractivity contribution in [1.29, 1.82) is 0 Å². The summed E-state index contributed by atoms with van der Waals surface area (Å²) in [6.45, 7) is 3.01. The average molecular weight is 374 g/mol. The van der Waals surface area contributed by atoms with Gasteiger partial charge in [-0.1, -0.05) is 41.9 Å². The van der Waals surface area contributed by atoms with Crippen LogP contribution in [0.15, 0.2) is 67.0 Å². The van der Waals surface area contributed by atoms with Gasteiger partial charge in [0.15, 0.2) is 0 Å². The molecule has 4 aromatic rings. The Morgan fingerprint density at radius 1 is 1.00 bits per heavy atom. The van der Waals surface area contributed by atoms with Gasteiger partial charge in [0.05, 0.1) is 0 Å². The summed E-state index contributed by atoms with van der Waals surface area (Å²) >= 11 is 6.01. The summed E-state index contributed by atoms with van der Waals surface area (Å²) in [4.78, 5) is 10.2. The van der Waals surface area contributed by atoms with Crippen LogP contribution in [0.1, 0.15) is 16.7 Å².